The SMILES string of the molecule is CCCCCCCCCCCCCCCCCC(=O)O[C@@H](C)C(=O)OC1=CC[C@@]2(O)[C@@H]3CCC[C@@]24c2c(ccc(OC)c2O[C@@H]14)C3. The van der Waals surface area contributed by atoms with Crippen molar-refractivity contribution in [2.24, 2.45) is 5.92 Å². The van der Waals surface area contributed by atoms with Crippen LogP contribution in [0.5, 0.6) is 11.5 Å². The van der Waals surface area contributed by atoms with Gasteiger partial charge >= 0.3 is 11.9 Å². The first-order valence-corrected chi connectivity index (χ1v) is 18.6. The second-order valence-corrected chi connectivity index (χ2v) is 14.4. The summed E-state index contributed by atoms with van der Waals surface area (Å²) in [5.74, 6) is 0.800. The lowest BCUT2D eigenvalue weighted by Crippen LogP contribution is -2.67. The molecule has 7 nitrogen and oxygen atoms in total. The summed E-state index contributed by atoms with van der Waals surface area (Å²) < 4.78 is 23.6. The molecular weight excluding hydrogens is 580 g/mol. The maximum absolute atomic E-state index is 13.2. The van der Waals surface area contributed by atoms with Gasteiger partial charge in [-0.2, -0.15) is 0 Å². The molecule has 1 heterocycles. The van der Waals surface area contributed by atoms with Crippen LogP contribution in [-0.4, -0.2) is 42.0 Å². The first-order chi connectivity index (χ1) is 22.4. The van der Waals surface area contributed by atoms with Crippen molar-refractivity contribution in [3.05, 3.63) is 35.1 Å². The molecule has 0 aromatic heterocycles. The molecule has 1 fully saturated rings. The number of hydrogen-bond acceptors (Lipinski definition) is 7. The van der Waals surface area contributed by atoms with Crippen LogP contribution in [0.1, 0.15) is 153 Å². The molecule has 4 aliphatic rings. The summed E-state index contributed by atoms with van der Waals surface area (Å²) in [5, 5.41) is 12.2. The van der Waals surface area contributed by atoms with Crippen LogP contribution in [0.2, 0.25) is 0 Å². The average Bonchev–Trinajstić information content (AvgIpc) is 3.39. The Morgan fingerprint density at radius 2 is 1.59 bits per heavy atom. The van der Waals surface area contributed by atoms with E-state index in [9.17, 15) is 14.7 Å². The predicted molar refractivity (Wildman–Crippen MR) is 179 cm³/mol. The summed E-state index contributed by atoms with van der Waals surface area (Å²) in [6, 6.07) is 4.02. The van der Waals surface area contributed by atoms with Crippen LogP contribution in [0.15, 0.2) is 24.0 Å². The molecular formula is C39H58O7. The standard InChI is InChI=1S/C39H58O7/c1-4-5-6-7-8-9-10-11-12-13-14-15-16-17-18-21-33(40)44-28(2)37(41)45-32-24-26-39(42)30-20-19-25-38(39)34-29(27-30)22-23-31(43-3)35(34)46-36(32)38/h22-24,28,30,36,42H,4-21,25-27H2,1-3H3/t28-,30+,36-,38-,39+/m0/s1. The molecule has 0 amide bonds. The Labute approximate surface area is 276 Å². The van der Waals surface area contributed by atoms with Gasteiger partial charge < -0.3 is 24.1 Å². The minimum absolute atomic E-state index is 0.118. The number of rotatable bonds is 20. The molecule has 5 rings (SSSR count). The largest absolute Gasteiger partial charge is 0.493 e. The van der Waals surface area contributed by atoms with E-state index in [1.54, 1.807) is 14.0 Å². The molecule has 1 aromatic rings. The molecule has 2 bridgehead atoms. The third kappa shape index (κ3) is 7.15. The summed E-state index contributed by atoms with van der Waals surface area (Å²) in [6.45, 7) is 3.83. The van der Waals surface area contributed by atoms with E-state index in [0.29, 0.717) is 30.1 Å². The fourth-order valence-corrected chi connectivity index (χ4v) is 8.83. The zero-order valence-corrected chi connectivity index (χ0v) is 28.7. The maximum Gasteiger partial charge on any atom is 0.352 e. The minimum atomic E-state index is -1.03. The number of esters is 2. The van der Waals surface area contributed by atoms with Gasteiger partial charge in [-0.25, -0.2) is 4.79 Å². The normalized spacial score (nSPS) is 26.0. The maximum atomic E-state index is 13.2. The van der Waals surface area contributed by atoms with Crippen LogP contribution in [0.4, 0.5) is 0 Å². The highest BCUT2D eigenvalue weighted by molar-refractivity contribution is 5.80. The van der Waals surface area contributed by atoms with Gasteiger partial charge in [0.05, 0.1) is 18.1 Å². The van der Waals surface area contributed by atoms with Crippen LogP contribution in [0.3, 0.4) is 0 Å². The number of aliphatic hydroxyl groups is 1. The number of benzene rings is 1. The van der Waals surface area contributed by atoms with Gasteiger partial charge in [0.1, 0.15) is 5.76 Å². The van der Waals surface area contributed by atoms with Gasteiger partial charge in [-0.3, -0.25) is 4.79 Å². The van der Waals surface area contributed by atoms with Gasteiger partial charge in [0.2, 0.25) is 0 Å². The van der Waals surface area contributed by atoms with Gasteiger partial charge in [0.15, 0.2) is 23.7 Å². The van der Waals surface area contributed by atoms with E-state index in [1.807, 2.05) is 12.1 Å². The zero-order valence-electron chi connectivity index (χ0n) is 28.7. The number of ether oxygens (including phenoxy) is 4. The molecule has 0 saturated heterocycles. The lowest BCUT2D eigenvalue weighted by Gasteiger charge is -2.59. The number of hydrogen-bond donors (Lipinski definition) is 1. The Hall–Kier alpha value is -2.54. The number of carbonyl (C=O) groups is 2. The van der Waals surface area contributed by atoms with Crippen LogP contribution >= 0.6 is 0 Å². The Morgan fingerprint density at radius 3 is 2.22 bits per heavy atom. The van der Waals surface area contributed by atoms with Gasteiger partial charge in [0, 0.05) is 12.0 Å². The molecule has 46 heavy (non-hydrogen) atoms. The topological polar surface area (TPSA) is 91.3 Å². The first-order valence-electron chi connectivity index (χ1n) is 18.6. The Balaban J connectivity index is 1.02. The van der Waals surface area contributed by atoms with Crippen LogP contribution in [0, 0.1) is 5.92 Å². The number of carbonyl (C=O) groups excluding carboxylic acids is 2. The molecule has 256 valence electrons. The van der Waals surface area contributed by atoms with Crippen molar-refractivity contribution in [1.29, 1.82) is 0 Å². The highest BCUT2D eigenvalue weighted by Gasteiger charge is 2.71. The smallest absolute Gasteiger partial charge is 0.352 e. The van der Waals surface area contributed by atoms with Crippen molar-refractivity contribution in [3.8, 4) is 11.5 Å². The number of methoxy groups -OCH3 is 1. The third-order valence-corrected chi connectivity index (χ3v) is 11.3. The van der Waals surface area contributed by atoms with E-state index >= 15 is 0 Å². The summed E-state index contributed by atoms with van der Waals surface area (Å²) in [4.78, 5) is 25.7. The van der Waals surface area contributed by atoms with Crippen molar-refractivity contribution in [1.82, 2.24) is 0 Å². The van der Waals surface area contributed by atoms with Crippen molar-refractivity contribution in [3.63, 3.8) is 0 Å². The van der Waals surface area contributed by atoms with Crippen molar-refractivity contribution < 1.29 is 33.6 Å². The fraction of sp³-hybridized carbons (Fsp3) is 0.744. The molecule has 5 atom stereocenters. The monoisotopic (exact) mass is 638 g/mol. The Kier molecular flexibility index (Phi) is 12.1. The number of unbranched alkanes of at least 4 members (excludes halogenated alkanes) is 14. The van der Waals surface area contributed by atoms with Crippen molar-refractivity contribution in [2.75, 3.05) is 7.11 Å². The Bertz CT molecular complexity index is 1220. The van der Waals surface area contributed by atoms with E-state index in [0.717, 1.165) is 50.5 Å². The average molecular weight is 639 g/mol. The van der Waals surface area contributed by atoms with E-state index < -0.39 is 29.2 Å². The van der Waals surface area contributed by atoms with E-state index in [4.69, 9.17) is 18.9 Å². The molecule has 1 aromatic carbocycles. The molecule has 3 aliphatic carbocycles. The highest BCUT2D eigenvalue weighted by atomic mass is 16.6. The van der Waals surface area contributed by atoms with Gasteiger partial charge in [0.25, 0.3) is 0 Å². The lowest BCUT2D eigenvalue weighted by molar-refractivity contribution is -0.171. The van der Waals surface area contributed by atoms with Gasteiger partial charge in [-0.1, -0.05) is 109 Å². The van der Waals surface area contributed by atoms with E-state index in [1.165, 1.54) is 82.6 Å². The van der Waals surface area contributed by atoms with Gasteiger partial charge in [-0.15, -0.1) is 0 Å². The van der Waals surface area contributed by atoms with Crippen molar-refractivity contribution in [2.45, 2.75) is 172 Å². The summed E-state index contributed by atoms with van der Waals surface area (Å²) in [7, 11) is 1.62. The lowest BCUT2D eigenvalue weighted by atomic mass is 9.47. The molecule has 1 aliphatic heterocycles. The van der Waals surface area contributed by atoms with Crippen LogP contribution in [0.25, 0.3) is 0 Å². The van der Waals surface area contributed by atoms with E-state index in [2.05, 4.69) is 13.0 Å². The van der Waals surface area contributed by atoms with Gasteiger partial charge in [-0.05, 0) is 62.7 Å². The highest BCUT2D eigenvalue weighted by Crippen LogP contribution is 2.67. The second-order valence-electron chi connectivity index (χ2n) is 14.4. The quantitative estimate of drug-likeness (QED) is 0.113. The van der Waals surface area contributed by atoms with E-state index in [-0.39, 0.29) is 11.9 Å². The molecule has 0 unspecified atom stereocenters. The zero-order chi connectivity index (χ0) is 32.6. The first kappa shape index (κ1) is 34.8. The summed E-state index contributed by atoms with van der Waals surface area (Å²) >= 11 is 0. The summed E-state index contributed by atoms with van der Waals surface area (Å²) in [5.41, 5.74) is 0.536. The van der Waals surface area contributed by atoms with Crippen LogP contribution in [-0.2, 0) is 30.9 Å². The fourth-order valence-electron chi connectivity index (χ4n) is 8.83. The molecule has 1 N–H and O–H groups in total. The molecule has 1 saturated carbocycles. The Morgan fingerprint density at radius 1 is 0.957 bits per heavy atom. The van der Waals surface area contributed by atoms with Crippen molar-refractivity contribution >= 4 is 11.9 Å². The molecule has 7 heteroatoms. The van der Waals surface area contributed by atoms with Crippen LogP contribution < -0.4 is 9.47 Å². The molecule has 0 radical (unpaired) electrons. The third-order valence-electron chi connectivity index (χ3n) is 11.3. The summed E-state index contributed by atoms with van der Waals surface area (Å²) in [6.07, 6.45) is 23.4. The second kappa shape index (κ2) is 16.0. The molecule has 1 spiro atoms. The minimum Gasteiger partial charge on any atom is -0.493 e. The predicted octanol–water partition coefficient (Wildman–Crippen LogP) is 8.81.